The van der Waals surface area contributed by atoms with Crippen molar-refractivity contribution in [1.29, 1.82) is 0 Å². The maximum absolute atomic E-state index is 11.7. The summed E-state index contributed by atoms with van der Waals surface area (Å²) in [6.07, 6.45) is 9.37. The number of hydrogen-bond donors (Lipinski definition) is 4. The van der Waals surface area contributed by atoms with Gasteiger partial charge in [0.15, 0.2) is 0 Å². The number of nitrogens with one attached hydrogen (secondary N) is 4. The van der Waals surface area contributed by atoms with E-state index < -0.39 is 0 Å². The zero-order chi connectivity index (χ0) is 15.6. The van der Waals surface area contributed by atoms with Crippen molar-refractivity contribution >= 4 is 11.9 Å². The topological polar surface area (TPSA) is 82.3 Å². The molecule has 1 unspecified atom stereocenters. The Labute approximate surface area is 133 Å². The summed E-state index contributed by atoms with van der Waals surface area (Å²) in [5.41, 5.74) is 0. The van der Waals surface area contributed by atoms with Crippen LogP contribution < -0.4 is 21.3 Å². The number of carbonyl (C=O) groups is 2. The first kappa shape index (κ1) is 17.1. The monoisotopic (exact) mass is 310 g/mol. The van der Waals surface area contributed by atoms with E-state index >= 15 is 0 Å². The average molecular weight is 310 g/mol. The second-order valence-corrected chi connectivity index (χ2v) is 6.44. The highest BCUT2D eigenvalue weighted by atomic mass is 16.2. The molecule has 4 N–H and O–H groups in total. The van der Waals surface area contributed by atoms with Gasteiger partial charge in [0, 0.05) is 31.6 Å². The normalized spacial score (nSPS) is 22.3. The van der Waals surface area contributed by atoms with Crippen molar-refractivity contribution in [3.8, 4) is 0 Å². The third-order valence-corrected chi connectivity index (χ3v) is 4.51. The molecular formula is C16H30N4O2. The molecule has 0 aromatic rings. The predicted molar refractivity (Wildman–Crippen MR) is 86.7 cm³/mol. The van der Waals surface area contributed by atoms with E-state index in [-0.39, 0.29) is 11.9 Å². The molecule has 1 saturated carbocycles. The molecule has 126 valence electrons. The average Bonchev–Trinajstić information content (AvgIpc) is 3.04. The van der Waals surface area contributed by atoms with E-state index in [0.29, 0.717) is 38.0 Å². The standard InChI is InChI=1S/C16H30N4O2/c21-15(19-12-14-8-4-10-17-14)9-5-11-18-16(22)20-13-6-2-1-3-7-13/h13-14,17H,1-12H2,(H,19,21)(H2,18,20,22). The van der Waals surface area contributed by atoms with Gasteiger partial charge < -0.3 is 21.3 Å². The quantitative estimate of drug-likeness (QED) is 0.534. The fourth-order valence-corrected chi connectivity index (χ4v) is 3.19. The number of rotatable bonds is 7. The van der Waals surface area contributed by atoms with Gasteiger partial charge >= 0.3 is 6.03 Å². The van der Waals surface area contributed by atoms with E-state index in [4.69, 9.17) is 0 Å². The highest BCUT2D eigenvalue weighted by molar-refractivity contribution is 5.76. The number of carbonyl (C=O) groups excluding carboxylic acids is 2. The summed E-state index contributed by atoms with van der Waals surface area (Å²) in [4.78, 5) is 23.4. The minimum Gasteiger partial charge on any atom is -0.355 e. The van der Waals surface area contributed by atoms with Crippen molar-refractivity contribution in [2.24, 2.45) is 0 Å². The van der Waals surface area contributed by atoms with Gasteiger partial charge in [0.05, 0.1) is 0 Å². The summed E-state index contributed by atoms with van der Waals surface area (Å²) >= 11 is 0. The van der Waals surface area contributed by atoms with Crippen LogP contribution in [-0.4, -0.2) is 43.7 Å². The third-order valence-electron chi connectivity index (χ3n) is 4.51. The van der Waals surface area contributed by atoms with Gasteiger partial charge in [-0.15, -0.1) is 0 Å². The minimum atomic E-state index is -0.0949. The van der Waals surface area contributed by atoms with Crippen molar-refractivity contribution in [2.75, 3.05) is 19.6 Å². The molecule has 1 saturated heterocycles. The van der Waals surface area contributed by atoms with Crippen molar-refractivity contribution in [2.45, 2.75) is 69.9 Å². The van der Waals surface area contributed by atoms with Crippen LogP contribution in [0, 0.1) is 0 Å². The van der Waals surface area contributed by atoms with E-state index in [1.807, 2.05) is 0 Å². The van der Waals surface area contributed by atoms with E-state index in [1.165, 1.54) is 25.7 Å². The van der Waals surface area contributed by atoms with Crippen molar-refractivity contribution < 1.29 is 9.59 Å². The number of urea groups is 1. The van der Waals surface area contributed by atoms with Crippen LogP contribution >= 0.6 is 0 Å². The Morgan fingerprint density at radius 1 is 1.00 bits per heavy atom. The molecule has 1 aliphatic carbocycles. The lowest BCUT2D eigenvalue weighted by Crippen LogP contribution is -2.43. The summed E-state index contributed by atoms with van der Waals surface area (Å²) in [6.45, 7) is 2.32. The number of amides is 3. The maximum Gasteiger partial charge on any atom is 0.315 e. The summed E-state index contributed by atoms with van der Waals surface area (Å²) in [5, 5.41) is 12.2. The number of hydrogen-bond acceptors (Lipinski definition) is 3. The molecule has 1 heterocycles. The van der Waals surface area contributed by atoms with Crippen LogP contribution in [0.5, 0.6) is 0 Å². The Bertz CT molecular complexity index is 350. The fraction of sp³-hybridized carbons (Fsp3) is 0.875. The van der Waals surface area contributed by atoms with Crippen LogP contribution in [0.3, 0.4) is 0 Å². The summed E-state index contributed by atoms with van der Waals surface area (Å²) in [7, 11) is 0. The minimum absolute atomic E-state index is 0.0724. The summed E-state index contributed by atoms with van der Waals surface area (Å²) in [5.74, 6) is 0.0724. The van der Waals surface area contributed by atoms with Crippen molar-refractivity contribution in [3.05, 3.63) is 0 Å². The lowest BCUT2D eigenvalue weighted by Gasteiger charge is -2.22. The largest absolute Gasteiger partial charge is 0.355 e. The molecule has 0 aromatic heterocycles. The molecule has 1 aliphatic heterocycles. The SMILES string of the molecule is O=C(CCCNC(=O)NC1CCCCC1)NCC1CCCN1. The Morgan fingerprint density at radius 3 is 2.55 bits per heavy atom. The van der Waals surface area contributed by atoms with Gasteiger partial charge in [-0.3, -0.25) is 4.79 Å². The molecule has 6 nitrogen and oxygen atoms in total. The van der Waals surface area contributed by atoms with Crippen LogP contribution in [0.1, 0.15) is 57.8 Å². The lowest BCUT2D eigenvalue weighted by atomic mass is 9.96. The smallest absolute Gasteiger partial charge is 0.315 e. The highest BCUT2D eigenvalue weighted by Crippen LogP contribution is 2.17. The molecule has 6 heteroatoms. The van der Waals surface area contributed by atoms with E-state index in [9.17, 15) is 9.59 Å². The second kappa shape index (κ2) is 9.66. The highest BCUT2D eigenvalue weighted by Gasteiger charge is 2.16. The molecule has 0 radical (unpaired) electrons. The maximum atomic E-state index is 11.7. The second-order valence-electron chi connectivity index (χ2n) is 6.44. The van der Waals surface area contributed by atoms with E-state index in [2.05, 4.69) is 21.3 Å². The van der Waals surface area contributed by atoms with Gasteiger partial charge in [-0.25, -0.2) is 4.79 Å². The molecule has 1 atom stereocenters. The molecular weight excluding hydrogens is 280 g/mol. The van der Waals surface area contributed by atoms with Crippen molar-refractivity contribution in [3.63, 3.8) is 0 Å². The van der Waals surface area contributed by atoms with Gasteiger partial charge in [0.1, 0.15) is 0 Å². The first-order chi connectivity index (χ1) is 10.7. The van der Waals surface area contributed by atoms with Gasteiger partial charge in [-0.1, -0.05) is 19.3 Å². The van der Waals surface area contributed by atoms with E-state index in [0.717, 1.165) is 25.8 Å². The van der Waals surface area contributed by atoms with Crippen LogP contribution in [-0.2, 0) is 4.79 Å². The van der Waals surface area contributed by atoms with Crippen LogP contribution in [0.4, 0.5) is 4.79 Å². The van der Waals surface area contributed by atoms with Crippen molar-refractivity contribution in [1.82, 2.24) is 21.3 Å². The van der Waals surface area contributed by atoms with Crippen LogP contribution in [0.25, 0.3) is 0 Å². The molecule has 2 rings (SSSR count). The molecule has 2 aliphatic rings. The van der Waals surface area contributed by atoms with Gasteiger partial charge in [0.25, 0.3) is 0 Å². The molecule has 0 aromatic carbocycles. The van der Waals surface area contributed by atoms with Crippen LogP contribution in [0.15, 0.2) is 0 Å². The Morgan fingerprint density at radius 2 is 1.82 bits per heavy atom. The van der Waals surface area contributed by atoms with Gasteiger partial charge in [-0.05, 0) is 38.6 Å². The first-order valence-corrected chi connectivity index (χ1v) is 8.78. The molecule has 2 fully saturated rings. The first-order valence-electron chi connectivity index (χ1n) is 8.78. The zero-order valence-corrected chi connectivity index (χ0v) is 13.5. The Hall–Kier alpha value is -1.30. The third kappa shape index (κ3) is 6.64. The molecule has 22 heavy (non-hydrogen) atoms. The predicted octanol–water partition coefficient (Wildman–Crippen LogP) is 1.27. The summed E-state index contributed by atoms with van der Waals surface area (Å²) < 4.78 is 0. The molecule has 0 bridgehead atoms. The molecule has 3 amide bonds. The van der Waals surface area contributed by atoms with Crippen LogP contribution in [0.2, 0.25) is 0 Å². The van der Waals surface area contributed by atoms with Gasteiger partial charge in [0.2, 0.25) is 5.91 Å². The van der Waals surface area contributed by atoms with E-state index in [1.54, 1.807) is 0 Å². The summed E-state index contributed by atoms with van der Waals surface area (Å²) in [6, 6.07) is 0.668. The molecule has 0 spiro atoms. The zero-order valence-electron chi connectivity index (χ0n) is 13.5. The fourth-order valence-electron chi connectivity index (χ4n) is 3.19. The Balaban J connectivity index is 1.45. The van der Waals surface area contributed by atoms with Gasteiger partial charge in [-0.2, -0.15) is 0 Å². The Kier molecular flexibility index (Phi) is 7.49. The lowest BCUT2D eigenvalue weighted by molar-refractivity contribution is -0.121.